The maximum atomic E-state index is 6.11. The first kappa shape index (κ1) is 20.8. The fourth-order valence-electron chi connectivity index (χ4n) is 4.14. The van der Waals surface area contributed by atoms with E-state index in [0.29, 0.717) is 11.3 Å². The van der Waals surface area contributed by atoms with Gasteiger partial charge in [0.2, 0.25) is 0 Å². The predicted molar refractivity (Wildman–Crippen MR) is 119 cm³/mol. The molecule has 1 saturated carbocycles. The Morgan fingerprint density at radius 3 is 2.63 bits per heavy atom. The minimum absolute atomic E-state index is 0.410. The third-order valence-corrected chi connectivity index (χ3v) is 6.87. The molecular weight excluding hydrogens is 398 g/mol. The summed E-state index contributed by atoms with van der Waals surface area (Å²) in [5.74, 6) is 2.72. The van der Waals surface area contributed by atoms with Gasteiger partial charge in [0.25, 0.3) is 0 Å². The van der Waals surface area contributed by atoms with Gasteiger partial charge >= 0.3 is 0 Å². The summed E-state index contributed by atoms with van der Waals surface area (Å²) in [6, 6.07) is 5.77. The van der Waals surface area contributed by atoms with Crippen molar-refractivity contribution in [3.05, 3.63) is 24.5 Å². The Morgan fingerprint density at radius 2 is 1.90 bits per heavy atom. The number of fused-ring (bicyclic) bond motifs is 1. The molecule has 8 heteroatoms. The molecule has 0 bridgehead atoms. The highest BCUT2D eigenvalue weighted by atomic mass is 32.2. The third-order valence-electron chi connectivity index (χ3n) is 5.83. The van der Waals surface area contributed by atoms with Crippen LogP contribution in [-0.2, 0) is 6.54 Å². The van der Waals surface area contributed by atoms with Crippen LogP contribution >= 0.6 is 11.8 Å². The topological polar surface area (TPSA) is 88.1 Å². The van der Waals surface area contributed by atoms with Crippen LogP contribution in [-0.4, -0.2) is 33.7 Å². The Balaban J connectivity index is 1.67. The van der Waals surface area contributed by atoms with Gasteiger partial charge in [-0.3, -0.25) is 0 Å². The predicted octanol–water partition coefficient (Wildman–Crippen LogP) is 4.94. The van der Waals surface area contributed by atoms with Crippen LogP contribution in [0.15, 0.2) is 34.6 Å². The van der Waals surface area contributed by atoms with E-state index in [0.717, 1.165) is 46.1 Å². The summed E-state index contributed by atoms with van der Waals surface area (Å²) >= 11 is 1.54. The molecule has 2 heterocycles. The van der Waals surface area contributed by atoms with Crippen LogP contribution in [0.2, 0.25) is 0 Å². The zero-order valence-corrected chi connectivity index (χ0v) is 18.5. The molecule has 4 rings (SSSR count). The third kappa shape index (κ3) is 4.48. The summed E-state index contributed by atoms with van der Waals surface area (Å²) in [6.07, 6.45) is 10.7. The Morgan fingerprint density at radius 1 is 1.10 bits per heavy atom. The number of nitrogen functional groups attached to an aromatic ring is 1. The fourth-order valence-corrected chi connectivity index (χ4v) is 5.19. The number of nitrogens with two attached hydrogens (primary N) is 1. The maximum absolute atomic E-state index is 6.11. The van der Waals surface area contributed by atoms with Gasteiger partial charge in [-0.2, -0.15) is 0 Å². The molecule has 0 saturated heterocycles. The second kappa shape index (κ2) is 9.55. The van der Waals surface area contributed by atoms with Crippen LogP contribution in [0.25, 0.3) is 11.2 Å². The Kier molecular flexibility index (Phi) is 6.62. The highest BCUT2D eigenvalue weighted by molar-refractivity contribution is 7.99. The molecule has 2 N–H and O–H groups in total. The van der Waals surface area contributed by atoms with E-state index in [4.69, 9.17) is 20.2 Å². The molecule has 3 aromatic rings. The molecule has 1 aromatic carbocycles. The van der Waals surface area contributed by atoms with Crippen molar-refractivity contribution in [1.29, 1.82) is 0 Å². The monoisotopic (exact) mass is 427 g/mol. The van der Waals surface area contributed by atoms with E-state index >= 15 is 0 Å². The number of imidazole rings is 1. The van der Waals surface area contributed by atoms with Crippen LogP contribution in [0.5, 0.6) is 11.5 Å². The van der Waals surface area contributed by atoms with Gasteiger partial charge in [0.05, 0.1) is 19.1 Å². The van der Waals surface area contributed by atoms with Gasteiger partial charge in [-0.05, 0) is 42.3 Å². The van der Waals surface area contributed by atoms with Crippen molar-refractivity contribution in [2.75, 3.05) is 20.0 Å². The van der Waals surface area contributed by atoms with Crippen LogP contribution in [0, 0.1) is 5.92 Å². The van der Waals surface area contributed by atoms with E-state index in [2.05, 4.69) is 14.5 Å². The lowest BCUT2D eigenvalue weighted by Gasteiger charge is -2.16. The van der Waals surface area contributed by atoms with E-state index in [9.17, 15) is 0 Å². The zero-order valence-electron chi connectivity index (χ0n) is 17.6. The molecule has 7 nitrogen and oxygen atoms in total. The summed E-state index contributed by atoms with van der Waals surface area (Å²) in [5.41, 5.74) is 7.56. The van der Waals surface area contributed by atoms with Gasteiger partial charge in [-0.1, -0.05) is 38.5 Å². The second-order valence-electron chi connectivity index (χ2n) is 7.74. The summed E-state index contributed by atoms with van der Waals surface area (Å²) in [6.45, 7) is 0.867. The molecule has 0 atom stereocenters. The van der Waals surface area contributed by atoms with E-state index in [1.807, 2.05) is 18.2 Å². The van der Waals surface area contributed by atoms with Crippen molar-refractivity contribution in [3.63, 3.8) is 0 Å². The lowest BCUT2D eigenvalue weighted by atomic mass is 9.97. The fraction of sp³-hybridized carbons (Fsp3) is 0.500. The van der Waals surface area contributed by atoms with E-state index in [1.54, 1.807) is 26.0 Å². The normalized spacial score (nSPS) is 15.3. The summed E-state index contributed by atoms with van der Waals surface area (Å²) in [4.78, 5) is 14.4. The standard InChI is InChI=1S/C22H29N5O2S/c1-28-16-9-10-17(29-2)18(13-16)30-22-26-19-20(23)24-14-25-21(19)27(22)12-11-15-7-5-3-4-6-8-15/h9-10,13-15H,3-8,11-12H2,1-2H3,(H2,23,24,25). The van der Waals surface area contributed by atoms with Crippen LogP contribution in [0.1, 0.15) is 44.9 Å². The van der Waals surface area contributed by atoms with Crippen LogP contribution in [0.3, 0.4) is 0 Å². The number of anilines is 1. The molecule has 0 aliphatic heterocycles. The Bertz CT molecular complexity index is 999. The molecule has 1 aliphatic carbocycles. The van der Waals surface area contributed by atoms with Gasteiger partial charge in [-0.25, -0.2) is 15.0 Å². The molecule has 1 aliphatic rings. The van der Waals surface area contributed by atoms with Crippen LogP contribution in [0.4, 0.5) is 5.82 Å². The zero-order chi connectivity index (χ0) is 20.9. The molecule has 0 unspecified atom stereocenters. The van der Waals surface area contributed by atoms with Gasteiger partial charge in [0.1, 0.15) is 17.8 Å². The minimum atomic E-state index is 0.410. The average Bonchev–Trinajstić information content (AvgIpc) is 2.93. The molecule has 2 aromatic heterocycles. The second-order valence-corrected chi connectivity index (χ2v) is 8.75. The van der Waals surface area contributed by atoms with E-state index in [-0.39, 0.29) is 0 Å². The number of ether oxygens (including phenoxy) is 2. The molecule has 0 amide bonds. The number of methoxy groups -OCH3 is 2. The first-order chi connectivity index (χ1) is 14.7. The Labute approximate surface area is 181 Å². The molecule has 160 valence electrons. The van der Waals surface area contributed by atoms with Crippen molar-refractivity contribution in [2.45, 2.75) is 61.5 Å². The average molecular weight is 428 g/mol. The van der Waals surface area contributed by atoms with Crippen molar-refractivity contribution in [2.24, 2.45) is 5.92 Å². The first-order valence-electron chi connectivity index (χ1n) is 10.6. The number of hydrogen-bond donors (Lipinski definition) is 1. The lowest BCUT2D eigenvalue weighted by Crippen LogP contribution is -2.08. The van der Waals surface area contributed by atoms with Crippen molar-refractivity contribution in [1.82, 2.24) is 19.5 Å². The molecule has 0 spiro atoms. The number of aromatic nitrogens is 4. The van der Waals surface area contributed by atoms with Gasteiger partial charge in [-0.15, -0.1) is 0 Å². The van der Waals surface area contributed by atoms with Crippen molar-refractivity contribution >= 4 is 28.7 Å². The highest BCUT2D eigenvalue weighted by Crippen LogP contribution is 2.39. The molecular formula is C22H29N5O2S. The molecule has 0 radical (unpaired) electrons. The van der Waals surface area contributed by atoms with Crippen molar-refractivity contribution < 1.29 is 9.47 Å². The number of aryl methyl sites for hydroxylation is 1. The smallest absolute Gasteiger partial charge is 0.175 e. The maximum Gasteiger partial charge on any atom is 0.175 e. The number of rotatable bonds is 7. The van der Waals surface area contributed by atoms with E-state index in [1.165, 1.54) is 44.9 Å². The molecule has 1 fully saturated rings. The summed E-state index contributed by atoms with van der Waals surface area (Å²) < 4.78 is 13.1. The lowest BCUT2D eigenvalue weighted by molar-refractivity contribution is 0.392. The first-order valence-corrected chi connectivity index (χ1v) is 11.4. The largest absolute Gasteiger partial charge is 0.497 e. The summed E-state index contributed by atoms with van der Waals surface area (Å²) in [5, 5.41) is 0.845. The highest BCUT2D eigenvalue weighted by Gasteiger charge is 2.20. The van der Waals surface area contributed by atoms with Crippen molar-refractivity contribution in [3.8, 4) is 11.5 Å². The minimum Gasteiger partial charge on any atom is -0.497 e. The Hall–Kier alpha value is -2.48. The van der Waals surface area contributed by atoms with Gasteiger partial charge < -0.3 is 19.8 Å². The number of nitrogens with zero attached hydrogens (tertiary/aromatic N) is 4. The number of benzene rings is 1. The molecule has 30 heavy (non-hydrogen) atoms. The van der Waals surface area contributed by atoms with Gasteiger partial charge in [0, 0.05) is 6.54 Å². The van der Waals surface area contributed by atoms with Gasteiger partial charge in [0.15, 0.2) is 22.1 Å². The SMILES string of the molecule is COc1ccc(OC)c(Sc2nc3c(N)ncnc3n2CCC2CCCCCC2)c1. The quantitative estimate of drug-likeness (QED) is 0.534. The number of hydrogen-bond acceptors (Lipinski definition) is 7. The summed E-state index contributed by atoms with van der Waals surface area (Å²) in [7, 11) is 3.33. The van der Waals surface area contributed by atoms with Crippen LogP contribution < -0.4 is 15.2 Å². The van der Waals surface area contributed by atoms with E-state index < -0.39 is 0 Å².